The van der Waals surface area contributed by atoms with Crippen molar-refractivity contribution in [2.24, 2.45) is 0 Å². The minimum Gasteiger partial charge on any atom is -0.208 e. The standard InChI is InChI=1S/C54H37N3/c1-54(2)49-32-37(34-14-5-3-6-15-34)24-28-46(49)47-29-25-38(33-50(47)54)36-18-13-19-39(30-36)52-55-51(35-16-7-4-8-17-35)56-53(57-52)40-26-27-45-43-22-10-9-20-41(43)42-21-11-12-23-44(42)48(45)31-40/h3-33H,1-2H3. The van der Waals surface area contributed by atoms with Gasteiger partial charge in [0.1, 0.15) is 0 Å². The Morgan fingerprint density at radius 3 is 1.25 bits per heavy atom. The van der Waals surface area contributed by atoms with E-state index in [0.717, 1.165) is 22.3 Å². The van der Waals surface area contributed by atoms with Crippen molar-refractivity contribution in [3.05, 3.63) is 199 Å². The fourth-order valence-corrected chi connectivity index (χ4v) is 8.96. The van der Waals surface area contributed by atoms with Crippen molar-refractivity contribution in [2.75, 3.05) is 0 Å². The number of hydrogen-bond donors (Lipinski definition) is 0. The average molecular weight is 728 g/mol. The van der Waals surface area contributed by atoms with E-state index in [2.05, 4.69) is 184 Å². The lowest BCUT2D eigenvalue weighted by Crippen LogP contribution is -2.15. The second-order valence-corrected chi connectivity index (χ2v) is 15.6. The molecular weight excluding hydrogens is 691 g/mol. The van der Waals surface area contributed by atoms with Gasteiger partial charge < -0.3 is 0 Å². The first-order valence-electron chi connectivity index (χ1n) is 19.6. The molecule has 3 heteroatoms. The van der Waals surface area contributed by atoms with E-state index in [4.69, 9.17) is 15.0 Å². The first-order chi connectivity index (χ1) is 28.0. The van der Waals surface area contributed by atoms with Gasteiger partial charge in [-0.15, -0.1) is 0 Å². The average Bonchev–Trinajstić information content (AvgIpc) is 3.51. The van der Waals surface area contributed by atoms with Crippen LogP contribution in [-0.2, 0) is 5.41 Å². The lowest BCUT2D eigenvalue weighted by Gasteiger charge is -2.22. The zero-order chi connectivity index (χ0) is 38.1. The largest absolute Gasteiger partial charge is 0.208 e. The Kier molecular flexibility index (Phi) is 7.52. The van der Waals surface area contributed by atoms with Crippen LogP contribution in [0.3, 0.4) is 0 Å². The molecule has 0 aliphatic heterocycles. The van der Waals surface area contributed by atoms with Gasteiger partial charge in [0.05, 0.1) is 0 Å². The zero-order valence-electron chi connectivity index (χ0n) is 31.7. The fraction of sp³-hybridized carbons (Fsp3) is 0.0556. The first-order valence-corrected chi connectivity index (χ1v) is 19.6. The Balaban J connectivity index is 1.02. The van der Waals surface area contributed by atoms with Crippen LogP contribution in [0.15, 0.2) is 188 Å². The predicted molar refractivity (Wildman–Crippen MR) is 237 cm³/mol. The molecule has 57 heavy (non-hydrogen) atoms. The van der Waals surface area contributed by atoms with Crippen molar-refractivity contribution in [3.8, 4) is 67.5 Å². The smallest absolute Gasteiger partial charge is 0.164 e. The van der Waals surface area contributed by atoms with Crippen LogP contribution < -0.4 is 0 Å². The van der Waals surface area contributed by atoms with Gasteiger partial charge in [-0.1, -0.05) is 178 Å². The SMILES string of the molecule is CC1(C)c2cc(-c3ccccc3)ccc2-c2ccc(-c3cccc(-c4nc(-c5ccccc5)nc(-c5ccc6c7ccccc7c7ccccc7c6c5)n4)c3)cc21. The highest BCUT2D eigenvalue weighted by Crippen LogP contribution is 2.51. The van der Waals surface area contributed by atoms with Crippen LogP contribution in [0.1, 0.15) is 25.0 Å². The Labute approximate surface area is 332 Å². The molecule has 1 aliphatic carbocycles. The number of nitrogens with zero attached hydrogens (tertiary/aromatic N) is 3. The van der Waals surface area contributed by atoms with Gasteiger partial charge in [-0.25, -0.2) is 15.0 Å². The summed E-state index contributed by atoms with van der Waals surface area (Å²) in [7, 11) is 0. The van der Waals surface area contributed by atoms with Gasteiger partial charge in [-0.05, 0) is 101 Å². The van der Waals surface area contributed by atoms with E-state index in [1.54, 1.807) is 0 Å². The van der Waals surface area contributed by atoms with Gasteiger partial charge in [0.25, 0.3) is 0 Å². The molecular formula is C54H37N3. The van der Waals surface area contributed by atoms with Crippen molar-refractivity contribution >= 4 is 32.3 Å². The normalized spacial score (nSPS) is 12.9. The number of hydrogen-bond acceptors (Lipinski definition) is 3. The summed E-state index contributed by atoms with van der Waals surface area (Å²) in [6.45, 7) is 4.70. The molecule has 9 aromatic carbocycles. The molecule has 0 amide bonds. The van der Waals surface area contributed by atoms with Crippen LogP contribution in [-0.4, -0.2) is 15.0 Å². The molecule has 1 aromatic heterocycles. The first kappa shape index (κ1) is 33.1. The number of rotatable bonds is 5. The molecule has 1 heterocycles. The molecule has 0 atom stereocenters. The zero-order valence-corrected chi connectivity index (χ0v) is 31.7. The summed E-state index contributed by atoms with van der Waals surface area (Å²) in [5.74, 6) is 1.94. The van der Waals surface area contributed by atoms with Gasteiger partial charge in [0.2, 0.25) is 0 Å². The van der Waals surface area contributed by atoms with E-state index in [1.165, 1.54) is 71.3 Å². The Morgan fingerprint density at radius 1 is 0.281 bits per heavy atom. The fourth-order valence-electron chi connectivity index (χ4n) is 8.96. The third kappa shape index (κ3) is 5.46. The summed E-state index contributed by atoms with van der Waals surface area (Å²) in [6.07, 6.45) is 0. The van der Waals surface area contributed by atoms with Crippen LogP contribution in [0.4, 0.5) is 0 Å². The van der Waals surface area contributed by atoms with E-state index in [9.17, 15) is 0 Å². The Bertz CT molecular complexity index is 3170. The third-order valence-electron chi connectivity index (χ3n) is 11.9. The second-order valence-electron chi connectivity index (χ2n) is 15.6. The molecule has 0 saturated heterocycles. The van der Waals surface area contributed by atoms with Gasteiger partial charge in [0, 0.05) is 22.1 Å². The lowest BCUT2D eigenvalue weighted by molar-refractivity contribution is 0.661. The van der Waals surface area contributed by atoms with E-state index in [1.807, 2.05) is 18.2 Å². The maximum Gasteiger partial charge on any atom is 0.164 e. The van der Waals surface area contributed by atoms with Crippen molar-refractivity contribution < 1.29 is 0 Å². The molecule has 1 aliphatic rings. The molecule has 268 valence electrons. The van der Waals surface area contributed by atoms with Crippen LogP contribution in [0.25, 0.3) is 99.9 Å². The van der Waals surface area contributed by atoms with Crippen LogP contribution in [0.5, 0.6) is 0 Å². The maximum absolute atomic E-state index is 5.20. The number of fused-ring (bicyclic) bond motifs is 9. The Hall–Kier alpha value is -7.23. The second kappa shape index (κ2) is 12.9. The number of benzene rings is 9. The monoisotopic (exact) mass is 727 g/mol. The minimum absolute atomic E-state index is 0.145. The van der Waals surface area contributed by atoms with Crippen LogP contribution in [0.2, 0.25) is 0 Å². The molecule has 0 N–H and O–H groups in total. The van der Waals surface area contributed by atoms with Crippen molar-refractivity contribution in [1.29, 1.82) is 0 Å². The van der Waals surface area contributed by atoms with E-state index >= 15 is 0 Å². The van der Waals surface area contributed by atoms with Gasteiger partial charge in [-0.2, -0.15) is 0 Å². The van der Waals surface area contributed by atoms with Crippen molar-refractivity contribution in [1.82, 2.24) is 15.0 Å². The summed E-state index contributed by atoms with van der Waals surface area (Å²) in [5, 5.41) is 7.37. The molecule has 0 saturated carbocycles. The minimum atomic E-state index is -0.145. The summed E-state index contributed by atoms with van der Waals surface area (Å²) >= 11 is 0. The highest BCUT2D eigenvalue weighted by atomic mass is 15.0. The van der Waals surface area contributed by atoms with Crippen molar-refractivity contribution in [3.63, 3.8) is 0 Å². The van der Waals surface area contributed by atoms with Crippen LogP contribution >= 0.6 is 0 Å². The number of aromatic nitrogens is 3. The topological polar surface area (TPSA) is 38.7 Å². The molecule has 11 rings (SSSR count). The summed E-state index contributed by atoms with van der Waals surface area (Å²) < 4.78 is 0. The molecule has 0 spiro atoms. The highest BCUT2D eigenvalue weighted by Gasteiger charge is 2.36. The van der Waals surface area contributed by atoms with E-state index < -0.39 is 0 Å². The predicted octanol–water partition coefficient (Wildman–Crippen LogP) is 14.0. The summed E-state index contributed by atoms with van der Waals surface area (Å²) in [4.78, 5) is 15.4. The molecule has 10 aromatic rings. The Morgan fingerprint density at radius 2 is 0.667 bits per heavy atom. The highest BCUT2D eigenvalue weighted by molar-refractivity contribution is 6.25. The molecule has 0 bridgehead atoms. The summed E-state index contributed by atoms with van der Waals surface area (Å²) in [6, 6.07) is 67.3. The van der Waals surface area contributed by atoms with Crippen molar-refractivity contribution in [2.45, 2.75) is 19.3 Å². The maximum atomic E-state index is 5.20. The van der Waals surface area contributed by atoms with Gasteiger partial charge in [-0.3, -0.25) is 0 Å². The van der Waals surface area contributed by atoms with Gasteiger partial charge in [0.15, 0.2) is 17.5 Å². The van der Waals surface area contributed by atoms with Gasteiger partial charge >= 0.3 is 0 Å². The lowest BCUT2D eigenvalue weighted by atomic mass is 9.81. The van der Waals surface area contributed by atoms with E-state index in [-0.39, 0.29) is 5.41 Å². The van der Waals surface area contributed by atoms with E-state index in [0.29, 0.717) is 17.5 Å². The third-order valence-corrected chi connectivity index (χ3v) is 11.9. The molecule has 0 radical (unpaired) electrons. The van der Waals surface area contributed by atoms with Crippen LogP contribution in [0, 0.1) is 0 Å². The summed E-state index contributed by atoms with van der Waals surface area (Å²) in [5.41, 5.74) is 12.8. The molecule has 3 nitrogen and oxygen atoms in total. The molecule has 0 unspecified atom stereocenters. The quantitative estimate of drug-likeness (QED) is 0.166. The molecule has 0 fully saturated rings.